The number of benzene rings is 2. The molecular weight excluding hydrogens is 302 g/mol. The van der Waals surface area contributed by atoms with Gasteiger partial charge in [-0.1, -0.05) is 24.3 Å². The number of ketones is 1. The molecule has 24 heavy (non-hydrogen) atoms. The van der Waals surface area contributed by atoms with Gasteiger partial charge in [-0.2, -0.15) is 0 Å². The first-order valence-electron chi connectivity index (χ1n) is 7.77. The molecule has 118 valence electrons. The van der Waals surface area contributed by atoms with E-state index in [1.165, 1.54) is 0 Å². The molecule has 0 saturated carbocycles. The third kappa shape index (κ3) is 2.74. The number of rotatable bonds is 3. The first-order chi connectivity index (χ1) is 11.8. The molecule has 1 aliphatic heterocycles. The summed E-state index contributed by atoms with van der Waals surface area (Å²) in [6.45, 7) is 1.04. The van der Waals surface area contributed by atoms with E-state index >= 15 is 0 Å². The molecule has 1 aliphatic rings. The van der Waals surface area contributed by atoms with E-state index in [1.807, 2.05) is 36.4 Å². The number of carbonyl (C=O) groups is 1. The van der Waals surface area contributed by atoms with Crippen LogP contribution in [0.3, 0.4) is 0 Å². The van der Waals surface area contributed by atoms with Crippen molar-refractivity contribution in [3.05, 3.63) is 71.9 Å². The molecule has 2 heterocycles. The second kappa shape index (κ2) is 6.16. The highest BCUT2D eigenvalue weighted by Gasteiger charge is 2.13. The molecule has 0 amide bonds. The minimum atomic E-state index is -0.0760. The van der Waals surface area contributed by atoms with Gasteiger partial charge < -0.3 is 9.47 Å². The van der Waals surface area contributed by atoms with Crippen molar-refractivity contribution in [2.24, 2.45) is 0 Å². The lowest BCUT2D eigenvalue weighted by atomic mass is 10.1. The number of para-hydroxylation sites is 1. The van der Waals surface area contributed by atoms with Gasteiger partial charge in [-0.05, 0) is 42.0 Å². The van der Waals surface area contributed by atoms with Crippen molar-refractivity contribution in [3.8, 4) is 11.5 Å². The minimum Gasteiger partial charge on any atom is -0.486 e. The van der Waals surface area contributed by atoms with E-state index in [1.54, 1.807) is 30.5 Å². The summed E-state index contributed by atoms with van der Waals surface area (Å²) in [5.74, 6) is 1.23. The normalized spacial score (nSPS) is 13.3. The van der Waals surface area contributed by atoms with Crippen LogP contribution in [0.2, 0.25) is 0 Å². The average Bonchev–Trinajstić information content (AvgIpc) is 2.65. The average molecular weight is 317 g/mol. The first-order valence-corrected chi connectivity index (χ1v) is 7.77. The predicted octanol–water partition coefficient (Wildman–Crippen LogP) is 3.90. The maximum atomic E-state index is 12.4. The summed E-state index contributed by atoms with van der Waals surface area (Å²) >= 11 is 0. The van der Waals surface area contributed by atoms with Crippen molar-refractivity contribution in [2.75, 3.05) is 13.2 Å². The largest absolute Gasteiger partial charge is 0.486 e. The lowest BCUT2D eigenvalue weighted by Crippen LogP contribution is -2.15. The summed E-state index contributed by atoms with van der Waals surface area (Å²) in [4.78, 5) is 16.8. The fourth-order valence-electron chi connectivity index (χ4n) is 2.72. The number of fused-ring (bicyclic) bond motifs is 2. The fraction of sp³-hybridized carbons (Fsp3) is 0.100. The summed E-state index contributed by atoms with van der Waals surface area (Å²) < 4.78 is 11.0. The van der Waals surface area contributed by atoms with Crippen molar-refractivity contribution in [2.45, 2.75) is 0 Å². The lowest BCUT2D eigenvalue weighted by molar-refractivity contribution is 0.104. The van der Waals surface area contributed by atoms with E-state index in [9.17, 15) is 4.79 Å². The molecule has 4 heteroatoms. The monoisotopic (exact) mass is 317 g/mol. The molecule has 3 aromatic rings. The molecule has 0 N–H and O–H groups in total. The zero-order chi connectivity index (χ0) is 16.4. The van der Waals surface area contributed by atoms with Gasteiger partial charge in [0.25, 0.3) is 0 Å². The third-order valence-corrected chi connectivity index (χ3v) is 3.92. The number of hydrogen-bond donors (Lipinski definition) is 0. The van der Waals surface area contributed by atoms with Crippen LogP contribution >= 0.6 is 0 Å². The fourth-order valence-corrected chi connectivity index (χ4v) is 2.72. The Kier molecular flexibility index (Phi) is 3.71. The number of ether oxygens (including phenoxy) is 2. The van der Waals surface area contributed by atoms with Crippen LogP contribution in [0.5, 0.6) is 11.5 Å². The number of pyridine rings is 1. The Morgan fingerprint density at radius 3 is 2.75 bits per heavy atom. The zero-order valence-corrected chi connectivity index (χ0v) is 12.9. The molecule has 2 aromatic carbocycles. The third-order valence-electron chi connectivity index (χ3n) is 3.92. The number of carbonyl (C=O) groups excluding carboxylic acids is 1. The molecule has 0 fully saturated rings. The predicted molar refractivity (Wildman–Crippen MR) is 92.5 cm³/mol. The summed E-state index contributed by atoms with van der Waals surface area (Å²) in [6.07, 6.45) is 5.15. The summed E-state index contributed by atoms with van der Waals surface area (Å²) in [6, 6.07) is 15.0. The van der Waals surface area contributed by atoms with Crippen molar-refractivity contribution in [1.29, 1.82) is 0 Å². The van der Waals surface area contributed by atoms with Crippen LogP contribution in [0, 0.1) is 0 Å². The molecule has 0 atom stereocenters. The number of allylic oxidation sites excluding steroid dienone is 1. The Labute approximate surface area is 139 Å². The van der Waals surface area contributed by atoms with Gasteiger partial charge in [-0.15, -0.1) is 0 Å². The van der Waals surface area contributed by atoms with Crippen LogP contribution in [-0.4, -0.2) is 24.0 Å². The molecule has 0 radical (unpaired) electrons. The van der Waals surface area contributed by atoms with E-state index in [4.69, 9.17) is 9.47 Å². The Morgan fingerprint density at radius 2 is 1.83 bits per heavy atom. The highest BCUT2D eigenvalue weighted by molar-refractivity contribution is 6.08. The van der Waals surface area contributed by atoms with Crippen molar-refractivity contribution in [3.63, 3.8) is 0 Å². The van der Waals surface area contributed by atoms with Crippen molar-refractivity contribution < 1.29 is 14.3 Å². The highest BCUT2D eigenvalue weighted by Crippen LogP contribution is 2.31. The van der Waals surface area contributed by atoms with E-state index in [2.05, 4.69) is 4.98 Å². The topological polar surface area (TPSA) is 48.4 Å². The Balaban J connectivity index is 1.62. The molecular formula is C20H15NO3. The maximum absolute atomic E-state index is 12.4. The molecule has 4 rings (SSSR count). The SMILES string of the molecule is O=C(/C=C/c1ccnc2ccccc12)c1ccc2c(c1)OCCO2. The van der Waals surface area contributed by atoms with Crippen LogP contribution in [0.4, 0.5) is 0 Å². The molecule has 4 nitrogen and oxygen atoms in total. The summed E-state index contributed by atoms with van der Waals surface area (Å²) in [5, 5.41) is 1.02. The molecule has 0 unspecified atom stereocenters. The molecule has 0 saturated heterocycles. The van der Waals surface area contributed by atoms with E-state index in [-0.39, 0.29) is 5.78 Å². The smallest absolute Gasteiger partial charge is 0.185 e. The van der Waals surface area contributed by atoms with Gasteiger partial charge in [0, 0.05) is 17.1 Å². The first kappa shape index (κ1) is 14.5. The standard InChI is InChI=1S/C20H15NO3/c22-18(15-6-8-19-20(13-15)24-12-11-23-19)7-5-14-9-10-21-17-4-2-1-3-16(14)17/h1-10,13H,11-12H2/b7-5+. The van der Waals surface area contributed by atoms with Crippen LogP contribution in [0.1, 0.15) is 15.9 Å². The van der Waals surface area contributed by atoms with Gasteiger partial charge in [-0.25, -0.2) is 0 Å². The lowest BCUT2D eigenvalue weighted by Gasteiger charge is -2.18. The van der Waals surface area contributed by atoms with Gasteiger partial charge in [0.15, 0.2) is 17.3 Å². The Morgan fingerprint density at radius 1 is 1.00 bits per heavy atom. The van der Waals surface area contributed by atoms with E-state index in [0.717, 1.165) is 16.5 Å². The number of hydrogen-bond acceptors (Lipinski definition) is 4. The van der Waals surface area contributed by atoms with Gasteiger partial charge in [-0.3, -0.25) is 9.78 Å². The number of nitrogens with zero attached hydrogens (tertiary/aromatic N) is 1. The van der Waals surface area contributed by atoms with Crippen LogP contribution < -0.4 is 9.47 Å². The van der Waals surface area contributed by atoms with Gasteiger partial charge in [0.1, 0.15) is 13.2 Å². The van der Waals surface area contributed by atoms with Gasteiger partial charge in [0.2, 0.25) is 0 Å². The Hall–Kier alpha value is -3.14. The molecule has 1 aromatic heterocycles. The number of aromatic nitrogens is 1. The van der Waals surface area contributed by atoms with Crippen molar-refractivity contribution in [1.82, 2.24) is 4.98 Å². The van der Waals surface area contributed by atoms with Gasteiger partial charge >= 0.3 is 0 Å². The van der Waals surface area contributed by atoms with Crippen molar-refractivity contribution >= 4 is 22.8 Å². The second-order valence-corrected chi connectivity index (χ2v) is 5.47. The van der Waals surface area contributed by atoms with E-state index in [0.29, 0.717) is 30.3 Å². The maximum Gasteiger partial charge on any atom is 0.185 e. The van der Waals surface area contributed by atoms with Crippen LogP contribution in [0.15, 0.2) is 60.8 Å². The van der Waals surface area contributed by atoms with Crippen LogP contribution in [0.25, 0.3) is 17.0 Å². The summed E-state index contributed by atoms with van der Waals surface area (Å²) in [5.41, 5.74) is 2.45. The van der Waals surface area contributed by atoms with Crippen LogP contribution in [-0.2, 0) is 0 Å². The molecule has 0 bridgehead atoms. The second-order valence-electron chi connectivity index (χ2n) is 5.47. The zero-order valence-electron chi connectivity index (χ0n) is 12.9. The minimum absolute atomic E-state index is 0.0760. The summed E-state index contributed by atoms with van der Waals surface area (Å²) in [7, 11) is 0. The molecule has 0 aliphatic carbocycles. The Bertz CT molecular complexity index is 941. The van der Waals surface area contributed by atoms with E-state index < -0.39 is 0 Å². The molecule has 0 spiro atoms. The quantitative estimate of drug-likeness (QED) is 0.543. The highest BCUT2D eigenvalue weighted by atomic mass is 16.6. The van der Waals surface area contributed by atoms with Gasteiger partial charge in [0.05, 0.1) is 5.52 Å².